The number of hydrogen-bond donors (Lipinski definition) is 1. The highest BCUT2D eigenvalue weighted by atomic mass is 79.9. The summed E-state index contributed by atoms with van der Waals surface area (Å²) < 4.78 is 11.4. The Bertz CT molecular complexity index is 367. The zero-order chi connectivity index (χ0) is 12.7. The standard InChI is InChI=1S/C12H15BrO4/c1-2-16-11(12(14)15)7-8-17-10-6-4-3-5-9(10)13/h3-6,11H,2,7-8H2,1H3,(H,14,15). The van der Waals surface area contributed by atoms with E-state index in [1.165, 1.54) is 0 Å². The second-order valence-electron chi connectivity index (χ2n) is 3.35. The van der Waals surface area contributed by atoms with Gasteiger partial charge in [0.1, 0.15) is 5.75 Å². The van der Waals surface area contributed by atoms with Crippen LogP contribution in [-0.2, 0) is 9.53 Å². The summed E-state index contributed by atoms with van der Waals surface area (Å²) in [6.07, 6.45) is -0.479. The van der Waals surface area contributed by atoms with Gasteiger partial charge in [-0.2, -0.15) is 0 Å². The molecule has 0 radical (unpaired) electrons. The molecule has 1 N–H and O–H groups in total. The van der Waals surface area contributed by atoms with Gasteiger partial charge in [-0.3, -0.25) is 0 Å². The van der Waals surface area contributed by atoms with Crippen molar-refractivity contribution in [2.45, 2.75) is 19.4 Å². The summed E-state index contributed by atoms with van der Waals surface area (Å²) in [4.78, 5) is 10.8. The minimum atomic E-state index is -0.956. The molecule has 4 nitrogen and oxygen atoms in total. The van der Waals surface area contributed by atoms with Crippen LogP contribution in [0.4, 0.5) is 0 Å². The van der Waals surface area contributed by atoms with E-state index >= 15 is 0 Å². The van der Waals surface area contributed by atoms with Crippen LogP contribution in [0.1, 0.15) is 13.3 Å². The van der Waals surface area contributed by atoms with Gasteiger partial charge in [-0.25, -0.2) is 4.79 Å². The first-order valence-electron chi connectivity index (χ1n) is 5.37. The second-order valence-corrected chi connectivity index (χ2v) is 4.20. The summed E-state index contributed by atoms with van der Waals surface area (Å²) >= 11 is 3.35. The summed E-state index contributed by atoms with van der Waals surface area (Å²) in [5, 5.41) is 8.87. The molecule has 0 fully saturated rings. The van der Waals surface area contributed by atoms with E-state index in [0.29, 0.717) is 25.4 Å². The van der Waals surface area contributed by atoms with Crippen LogP contribution >= 0.6 is 15.9 Å². The molecule has 1 aromatic rings. The lowest BCUT2D eigenvalue weighted by Crippen LogP contribution is -2.26. The number of halogens is 1. The molecule has 1 unspecified atom stereocenters. The van der Waals surface area contributed by atoms with E-state index in [1.807, 2.05) is 24.3 Å². The van der Waals surface area contributed by atoms with Crippen LogP contribution in [0.3, 0.4) is 0 Å². The van der Waals surface area contributed by atoms with E-state index in [2.05, 4.69) is 15.9 Å². The molecule has 0 aromatic heterocycles. The van der Waals surface area contributed by atoms with Gasteiger partial charge in [0, 0.05) is 13.0 Å². The molecule has 94 valence electrons. The number of benzene rings is 1. The maximum Gasteiger partial charge on any atom is 0.332 e. The van der Waals surface area contributed by atoms with Gasteiger partial charge < -0.3 is 14.6 Å². The van der Waals surface area contributed by atoms with Crippen molar-refractivity contribution in [3.8, 4) is 5.75 Å². The first-order valence-corrected chi connectivity index (χ1v) is 6.16. The van der Waals surface area contributed by atoms with Gasteiger partial charge in [-0.15, -0.1) is 0 Å². The molecule has 0 spiro atoms. The van der Waals surface area contributed by atoms with Crippen molar-refractivity contribution in [2.75, 3.05) is 13.2 Å². The quantitative estimate of drug-likeness (QED) is 0.841. The summed E-state index contributed by atoms with van der Waals surface area (Å²) in [5.41, 5.74) is 0. The Morgan fingerprint density at radius 3 is 2.76 bits per heavy atom. The summed E-state index contributed by atoms with van der Waals surface area (Å²) in [6.45, 7) is 2.45. The highest BCUT2D eigenvalue weighted by Gasteiger charge is 2.17. The Kier molecular flexibility index (Phi) is 6.00. The molecule has 5 heteroatoms. The van der Waals surface area contributed by atoms with Crippen molar-refractivity contribution in [3.63, 3.8) is 0 Å². The Morgan fingerprint density at radius 2 is 2.18 bits per heavy atom. The molecule has 17 heavy (non-hydrogen) atoms. The largest absolute Gasteiger partial charge is 0.492 e. The van der Waals surface area contributed by atoms with Crippen LogP contribution in [0.2, 0.25) is 0 Å². The average Bonchev–Trinajstić information content (AvgIpc) is 2.30. The van der Waals surface area contributed by atoms with Crippen molar-refractivity contribution >= 4 is 21.9 Å². The summed E-state index contributed by atoms with van der Waals surface area (Å²) in [5.74, 6) is -0.254. The Balaban J connectivity index is 2.41. The van der Waals surface area contributed by atoms with Crippen LogP contribution in [0.15, 0.2) is 28.7 Å². The van der Waals surface area contributed by atoms with Crippen molar-refractivity contribution in [1.82, 2.24) is 0 Å². The van der Waals surface area contributed by atoms with Gasteiger partial charge in [0.2, 0.25) is 0 Å². The van der Waals surface area contributed by atoms with E-state index in [1.54, 1.807) is 6.92 Å². The minimum Gasteiger partial charge on any atom is -0.492 e. The van der Waals surface area contributed by atoms with Gasteiger partial charge in [0.25, 0.3) is 0 Å². The van der Waals surface area contributed by atoms with Gasteiger partial charge in [0.05, 0.1) is 11.1 Å². The highest BCUT2D eigenvalue weighted by molar-refractivity contribution is 9.10. The highest BCUT2D eigenvalue weighted by Crippen LogP contribution is 2.23. The van der Waals surface area contributed by atoms with Crippen LogP contribution in [0.25, 0.3) is 0 Å². The van der Waals surface area contributed by atoms with Crippen LogP contribution in [0, 0.1) is 0 Å². The van der Waals surface area contributed by atoms with Crippen molar-refractivity contribution in [3.05, 3.63) is 28.7 Å². The summed E-state index contributed by atoms with van der Waals surface area (Å²) in [6, 6.07) is 7.43. The molecule has 0 amide bonds. The number of hydrogen-bond acceptors (Lipinski definition) is 3. The summed E-state index contributed by atoms with van der Waals surface area (Å²) in [7, 11) is 0. The first-order chi connectivity index (χ1) is 8.15. The number of ether oxygens (including phenoxy) is 2. The molecule has 0 aliphatic heterocycles. The lowest BCUT2D eigenvalue weighted by atomic mass is 10.2. The minimum absolute atomic E-state index is 0.305. The van der Waals surface area contributed by atoms with Gasteiger partial charge in [-0.1, -0.05) is 12.1 Å². The molecule has 0 saturated heterocycles. The maximum absolute atomic E-state index is 10.8. The topological polar surface area (TPSA) is 55.8 Å². The number of carboxylic acids is 1. The van der Waals surface area contributed by atoms with Crippen molar-refractivity contribution in [1.29, 1.82) is 0 Å². The van der Waals surface area contributed by atoms with Gasteiger partial charge in [-0.05, 0) is 35.0 Å². The molecule has 1 rings (SSSR count). The van der Waals surface area contributed by atoms with E-state index in [4.69, 9.17) is 14.6 Å². The van der Waals surface area contributed by atoms with Crippen LogP contribution in [-0.4, -0.2) is 30.4 Å². The number of para-hydroxylation sites is 1. The third-order valence-corrected chi connectivity index (χ3v) is 2.77. The fourth-order valence-corrected chi connectivity index (χ4v) is 1.72. The van der Waals surface area contributed by atoms with Gasteiger partial charge >= 0.3 is 5.97 Å². The molecule has 1 aromatic carbocycles. The lowest BCUT2D eigenvalue weighted by Gasteiger charge is -2.13. The predicted molar refractivity (Wildman–Crippen MR) is 67.3 cm³/mol. The van der Waals surface area contributed by atoms with E-state index in [-0.39, 0.29) is 0 Å². The SMILES string of the molecule is CCOC(CCOc1ccccc1Br)C(=O)O. The number of carboxylic acid groups (broad SMARTS) is 1. The first kappa shape index (κ1) is 14.0. The number of carbonyl (C=O) groups is 1. The monoisotopic (exact) mass is 302 g/mol. The fourth-order valence-electron chi connectivity index (χ4n) is 1.32. The molecule has 0 aliphatic carbocycles. The number of rotatable bonds is 7. The molecule has 0 aliphatic rings. The van der Waals surface area contributed by atoms with E-state index in [9.17, 15) is 4.79 Å². The van der Waals surface area contributed by atoms with E-state index in [0.717, 1.165) is 4.47 Å². The van der Waals surface area contributed by atoms with Crippen LogP contribution in [0.5, 0.6) is 5.75 Å². The zero-order valence-electron chi connectivity index (χ0n) is 9.56. The third kappa shape index (κ3) is 4.75. The Morgan fingerprint density at radius 1 is 1.47 bits per heavy atom. The van der Waals surface area contributed by atoms with Gasteiger partial charge in [0.15, 0.2) is 6.10 Å². The molecule has 0 saturated carbocycles. The predicted octanol–water partition coefficient (Wildman–Crippen LogP) is 2.71. The fraction of sp³-hybridized carbons (Fsp3) is 0.417. The number of aliphatic carboxylic acids is 1. The zero-order valence-corrected chi connectivity index (χ0v) is 11.1. The maximum atomic E-state index is 10.8. The Hall–Kier alpha value is -1.07. The molecule has 0 bridgehead atoms. The van der Waals surface area contributed by atoms with E-state index < -0.39 is 12.1 Å². The second kappa shape index (κ2) is 7.29. The average molecular weight is 303 g/mol. The van der Waals surface area contributed by atoms with Crippen molar-refractivity contribution in [2.24, 2.45) is 0 Å². The Labute approximate surface area is 109 Å². The normalized spacial score (nSPS) is 12.1. The molecular formula is C12H15BrO4. The molecular weight excluding hydrogens is 288 g/mol. The van der Waals surface area contributed by atoms with Crippen molar-refractivity contribution < 1.29 is 19.4 Å². The smallest absolute Gasteiger partial charge is 0.332 e. The lowest BCUT2D eigenvalue weighted by molar-refractivity contribution is -0.150. The molecule has 1 atom stereocenters. The third-order valence-electron chi connectivity index (χ3n) is 2.12. The molecule has 0 heterocycles. The van der Waals surface area contributed by atoms with Crippen LogP contribution < -0.4 is 4.74 Å².